The van der Waals surface area contributed by atoms with E-state index in [0.717, 1.165) is 43.9 Å². The second-order valence-corrected chi connectivity index (χ2v) is 9.75. The molecule has 0 spiro atoms. The number of carbonyl (C=O) groups is 2. The molecule has 1 aliphatic rings. The van der Waals surface area contributed by atoms with Crippen LogP contribution in [0.15, 0.2) is 41.3 Å². The second kappa shape index (κ2) is 11.4. The largest absolute Gasteiger partial charge is 0.471 e. The molecule has 34 heavy (non-hydrogen) atoms. The predicted octanol–water partition coefficient (Wildman–Crippen LogP) is 6.00. The van der Waals surface area contributed by atoms with Gasteiger partial charge in [-0.3, -0.25) is 9.59 Å². The van der Waals surface area contributed by atoms with Gasteiger partial charge in [-0.1, -0.05) is 29.8 Å². The first kappa shape index (κ1) is 26.2. The zero-order chi connectivity index (χ0) is 24.9. The first-order valence-electron chi connectivity index (χ1n) is 10.9. The number of rotatable bonds is 4. The van der Waals surface area contributed by atoms with Crippen molar-refractivity contribution < 1.29 is 22.8 Å². The van der Waals surface area contributed by atoms with Crippen molar-refractivity contribution in [3.63, 3.8) is 0 Å². The summed E-state index contributed by atoms with van der Waals surface area (Å²) in [5.74, 6) is -1.78. The number of halogens is 4. The van der Waals surface area contributed by atoms with E-state index in [9.17, 15) is 22.8 Å². The van der Waals surface area contributed by atoms with E-state index in [4.69, 9.17) is 11.6 Å². The van der Waals surface area contributed by atoms with Crippen LogP contribution in [-0.4, -0.2) is 54.3 Å². The fourth-order valence-corrected chi connectivity index (χ4v) is 4.69. The summed E-state index contributed by atoms with van der Waals surface area (Å²) in [4.78, 5) is 26.9. The molecule has 10 heteroatoms. The molecule has 0 bridgehead atoms. The van der Waals surface area contributed by atoms with Crippen molar-refractivity contribution in [2.45, 2.75) is 43.3 Å². The van der Waals surface area contributed by atoms with Gasteiger partial charge >= 0.3 is 12.1 Å². The van der Waals surface area contributed by atoms with Gasteiger partial charge in [0.05, 0.1) is 10.7 Å². The molecule has 0 atom stereocenters. The van der Waals surface area contributed by atoms with Gasteiger partial charge < -0.3 is 15.1 Å². The molecule has 0 saturated carbocycles. The molecular formula is C24H27ClF3N3O2S. The van der Waals surface area contributed by atoms with Crippen LogP contribution < -0.4 is 5.32 Å². The summed E-state index contributed by atoms with van der Waals surface area (Å²) >= 11 is 7.65. The molecule has 0 unspecified atom stereocenters. The lowest BCUT2D eigenvalue weighted by Gasteiger charge is -2.23. The van der Waals surface area contributed by atoms with Gasteiger partial charge in [-0.2, -0.15) is 13.2 Å². The van der Waals surface area contributed by atoms with E-state index in [1.807, 2.05) is 30.3 Å². The summed E-state index contributed by atoms with van der Waals surface area (Å²) in [5, 5.41) is 3.89. The Morgan fingerprint density at radius 3 is 2.41 bits per heavy atom. The lowest BCUT2D eigenvalue weighted by Crippen LogP contribution is -2.42. The molecular weight excluding hydrogens is 487 g/mol. The highest BCUT2D eigenvalue weighted by Crippen LogP contribution is 2.33. The number of carbonyl (C=O) groups excluding carboxylic acids is 2. The number of thioether (sulfide) groups is 1. The minimum Gasteiger partial charge on any atom is -0.380 e. The number of hydrogen-bond acceptors (Lipinski definition) is 4. The van der Waals surface area contributed by atoms with Gasteiger partial charge in [-0.25, -0.2) is 0 Å². The number of nitrogens with zero attached hydrogens (tertiary/aromatic N) is 2. The summed E-state index contributed by atoms with van der Waals surface area (Å²) in [6.07, 6.45) is -2.74. The van der Waals surface area contributed by atoms with Crippen LogP contribution in [0, 0.1) is 0 Å². The van der Waals surface area contributed by atoms with Crippen molar-refractivity contribution in [3.05, 3.63) is 58.1 Å². The molecule has 3 rings (SSSR count). The molecule has 0 fully saturated rings. The van der Waals surface area contributed by atoms with Gasteiger partial charge in [0.1, 0.15) is 0 Å². The SMILES string of the molecule is CN(C)C(=O)Sc1ccc(CNc2c(Cl)ccc3c2CCCCN(C(=O)C(F)(F)F)CC3)cc1. The van der Waals surface area contributed by atoms with Crippen molar-refractivity contribution in [1.82, 2.24) is 9.80 Å². The fraction of sp³-hybridized carbons (Fsp3) is 0.417. The Bertz CT molecular complexity index is 1030. The molecule has 0 aliphatic carbocycles. The van der Waals surface area contributed by atoms with Gasteiger partial charge in [0.15, 0.2) is 0 Å². The summed E-state index contributed by atoms with van der Waals surface area (Å²) in [5.41, 5.74) is 3.65. The van der Waals surface area contributed by atoms with Crippen LogP contribution in [0.5, 0.6) is 0 Å². The topological polar surface area (TPSA) is 52.7 Å². The van der Waals surface area contributed by atoms with Crippen LogP contribution in [0.3, 0.4) is 0 Å². The number of anilines is 1. The van der Waals surface area contributed by atoms with Crippen LogP contribution in [0.4, 0.5) is 23.7 Å². The second-order valence-electron chi connectivity index (χ2n) is 8.32. The summed E-state index contributed by atoms with van der Waals surface area (Å²) in [6.45, 7) is 0.599. The van der Waals surface area contributed by atoms with Crippen LogP contribution in [-0.2, 0) is 24.2 Å². The standard InChI is InChI=1S/C24H27ClF3N3O2S/c1-30(2)23(33)34-18-9-6-16(7-10-18)15-29-21-19-5-3-4-13-31(22(32)24(26,27)28)14-12-17(19)8-11-20(21)25/h6-11,29H,3-5,12-15H2,1-2H3. The first-order valence-corrected chi connectivity index (χ1v) is 12.1. The fourth-order valence-electron chi connectivity index (χ4n) is 3.79. The van der Waals surface area contributed by atoms with Gasteiger partial charge in [0.2, 0.25) is 0 Å². The Kier molecular flexibility index (Phi) is 8.76. The van der Waals surface area contributed by atoms with Crippen molar-refractivity contribution in [1.29, 1.82) is 0 Å². The molecule has 0 radical (unpaired) electrons. The first-order chi connectivity index (χ1) is 16.1. The molecule has 1 N–H and O–H groups in total. The van der Waals surface area contributed by atoms with E-state index in [-0.39, 0.29) is 18.3 Å². The number of nitrogens with one attached hydrogen (secondary N) is 1. The maximum atomic E-state index is 12.9. The Morgan fingerprint density at radius 2 is 1.76 bits per heavy atom. The van der Waals surface area contributed by atoms with Crippen LogP contribution in [0.25, 0.3) is 0 Å². The van der Waals surface area contributed by atoms with Gasteiger partial charge in [0, 0.05) is 38.6 Å². The van der Waals surface area contributed by atoms with Crippen molar-refractivity contribution in [3.8, 4) is 0 Å². The van der Waals surface area contributed by atoms with Gasteiger partial charge in [-0.15, -0.1) is 0 Å². The highest BCUT2D eigenvalue weighted by Gasteiger charge is 2.42. The Morgan fingerprint density at radius 1 is 1.06 bits per heavy atom. The Balaban J connectivity index is 1.72. The summed E-state index contributed by atoms with van der Waals surface area (Å²) < 4.78 is 38.8. The number of benzene rings is 2. The summed E-state index contributed by atoms with van der Waals surface area (Å²) in [7, 11) is 3.41. The average molecular weight is 514 g/mol. The van der Waals surface area contributed by atoms with E-state index in [1.165, 1.54) is 4.90 Å². The maximum Gasteiger partial charge on any atom is 0.471 e. The number of hydrogen-bond donors (Lipinski definition) is 1. The Labute approximate surface area is 206 Å². The number of amides is 2. The van der Waals surface area contributed by atoms with Crippen LogP contribution in [0.2, 0.25) is 5.02 Å². The number of alkyl halides is 3. The minimum absolute atomic E-state index is 0.0111. The van der Waals surface area contributed by atoms with Gasteiger partial charge in [-0.05, 0) is 72.3 Å². The van der Waals surface area contributed by atoms with E-state index in [0.29, 0.717) is 37.3 Å². The normalized spacial score (nSPS) is 14.5. The highest BCUT2D eigenvalue weighted by molar-refractivity contribution is 8.13. The molecule has 0 aromatic heterocycles. The summed E-state index contributed by atoms with van der Waals surface area (Å²) in [6, 6.07) is 11.2. The third kappa shape index (κ3) is 6.82. The maximum absolute atomic E-state index is 12.9. The lowest BCUT2D eigenvalue weighted by molar-refractivity contribution is -0.185. The van der Waals surface area contributed by atoms with Crippen LogP contribution in [0.1, 0.15) is 29.5 Å². The smallest absolute Gasteiger partial charge is 0.380 e. The molecule has 1 aliphatic heterocycles. The minimum atomic E-state index is -4.86. The highest BCUT2D eigenvalue weighted by atomic mass is 35.5. The molecule has 2 aromatic rings. The number of fused-ring (bicyclic) bond motifs is 1. The quantitative estimate of drug-likeness (QED) is 0.510. The lowest BCUT2D eigenvalue weighted by atomic mass is 9.97. The third-order valence-corrected chi connectivity index (χ3v) is 6.97. The zero-order valence-electron chi connectivity index (χ0n) is 19.0. The van der Waals surface area contributed by atoms with E-state index in [2.05, 4.69) is 5.32 Å². The zero-order valence-corrected chi connectivity index (χ0v) is 20.6. The Hall–Kier alpha value is -2.39. The van der Waals surface area contributed by atoms with E-state index < -0.39 is 12.1 Å². The molecule has 1 heterocycles. The van der Waals surface area contributed by atoms with Crippen molar-refractivity contribution in [2.75, 3.05) is 32.5 Å². The monoisotopic (exact) mass is 513 g/mol. The van der Waals surface area contributed by atoms with Crippen molar-refractivity contribution in [2.24, 2.45) is 0 Å². The predicted molar refractivity (Wildman–Crippen MR) is 129 cm³/mol. The molecule has 2 aromatic carbocycles. The van der Waals surface area contributed by atoms with Gasteiger partial charge in [0.25, 0.3) is 5.24 Å². The van der Waals surface area contributed by atoms with E-state index in [1.54, 1.807) is 20.2 Å². The molecule has 184 valence electrons. The molecule has 5 nitrogen and oxygen atoms in total. The average Bonchev–Trinajstić information content (AvgIpc) is 2.88. The molecule has 2 amide bonds. The third-order valence-electron chi connectivity index (χ3n) is 5.61. The van der Waals surface area contributed by atoms with E-state index >= 15 is 0 Å². The molecule has 0 saturated heterocycles. The van der Waals surface area contributed by atoms with Crippen molar-refractivity contribution >= 4 is 40.2 Å². The van der Waals surface area contributed by atoms with Crippen LogP contribution >= 0.6 is 23.4 Å².